The maximum absolute atomic E-state index is 11.9. The van der Waals surface area contributed by atoms with Crippen molar-refractivity contribution in [2.24, 2.45) is 0 Å². The van der Waals surface area contributed by atoms with Gasteiger partial charge in [-0.25, -0.2) is 9.59 Å². The predicted octanol–water partition coefficient (Wildman–Crippen LogP) is 2.26. The van der Waals surface area contributed by atoms with Crippen LogP contribution in [0.25, 0.3) is 0 Å². The van der Waals surface area contributed by atoms with Crippen LogP contribution in [0, 0.1) is 0 Å². The standard InChI is InChI=1S/C14H17NO4/c16-13(17)12-8-4-5-9-15(12)14(18)19-10-11-6-2-1-3-7-11/h1-3,6-7,12H,4-5,8-10H2,(H,16,17)/t12-/m1/s1. The van der Waals surface area contributed by atoms with Gasteiger partial charge in [0.05, 0.1) is 0 Å². The summed E-state index contributed by atoms with van der Waals surface area (Å²) in [5.74, 6) is -0.962. The molecule has 0 bridgehead atoms. The number of aliphatic carboxylic acids is 1. The molecule has 102 valence electrons. The van der Waals surface area contributed by atoms with Crippen molar-refractivity contribution in [3.05, 3.63) is 35.9 Å². The molecule has 5 nitrogen and oxygen atoms in total. The SMILES string of the molecule is O=C(O)[C@H]1CCCCN1C(=O)OCc1ccccc1. The molecule has 0 radical (unpaired) electrons. The van der Waals surface area contributed by atoms with E-state index in [2.05, 4.69) is 0 Å². The van der Waals surface area contributed by atoms with E-state index in [0.29, 0.717) is 13.0 Å². The van der Waals surface area contributed by atoms with E-state index in [1.54, 1.807) is 0 Å². The molecule has 2 rings (SSSR count). The molecule has 1 atom stereocenters. The maximum atomic E-state index is 11.9. The fourth-order valence-corrected chi connectivity index (χ4v) is 2.21. The van der Waals surface area contributed by atoms with Gasteiger partial charge in [-0.2, -0.15) is 0 Å². The minimum atomic E-state index is -0.962. The lowest BCUT2D eigenvalue weighted by molar-refractivity contribution is -0.143. The number of ether oxygens (including phenoxy) is 1. The number of amides is 1. The Morgan fingerprint density at radius 2 is 2.00 bits per heavy atom. The number of hydrogen-bond donors (Lipinski definition) is 1. The second-order valence-corrected chi connectivity index (χ2v) is 4.58. The Morgan fingerprint density at radius 1 is 1.26 bits per heavy atom. The number of carboxylic acid groups (broad SMARTS) is 1. The summed E-state index contributed by atoms with van der Waals surface area (Å²) in [5.41, 5.74) is 0.889. The summed E-state index contributed by atoms with van der Waals surface area (Å²) in [6, 6.07) is 8.58. The molecule has 1 amide bonds. The van der Waals surface area contributed by atoms with E-state index in [-0.39, 0.29) is 6.61 Å². The molecule has 0 saturated carbocycles. The van der Waals surface area contributed by atoms with Crippen molar-refractivity contribution in [2.45, 2.75) is 31.9 Å². The number of likely N-dealkylation sites (tertiary alicyclic amines) is 1. The number of piperidine rings is 1. The van der Waals surface area contributed by atoms with E-state index in [4.69, 9.17) is 9.84 Å². The summed E-state index contributed by atoms with van der Waals surface area (Å²) in [4.78, 5) is 24.3. The lowest BCUT2D eigenvalue weighted by Crippen LogP contribution is -2.48. The van der Waals surface area contributed by atoms with Crippen LogP contribution < -0.4 is 0 Å². The Morgan fingerprint density at radius 3 is 2.68 bits per heavy atom. The molecule has 0 aliphatic carbocycles. The Labute approximate surface area is 111 Å². The summed E-state index contributed by atoms with van der Waals surface area (Å²) in [5, 5.41) is 9.09. The quantitative estimate of drug-likeness (QED) is 0.908. The van der Waals surface area contributed by atoms with Crippen molar-refractivity contribution in [1.82, 2.24) is 4.90 Å². The second-order valence-electron chi connectivity index (χ2n) is 4.58. The van der Waals surface area contributed by atoms with E-state index in [9.17, 15) is 9.59 Å². The van der Waals surface area contributed by atoms with Crippen LogP contribution in [0.3, 0.4) is 0 Å². The first-order chi connectivity index (χ1) is 9.18. The van der Waals surface area contributed by atoms with Crippen LogP contribution in [0.5, 0.6) is 0 Å². The van der Waals surface area contributed by atoms with Gasteiger partial charge in [0, 0.05) is 6.54 Å². The van der Waals surface area contributed by atoms with Crippen LogP contribution in [-0.2, 0) is 16.1 Å². The van der Waals surface area contributed by atoms with Crippen molar-refractivity contribution in [2.75, 3.05) is 6.54 Å². The predicted molar refractivity (Wildman–Crippen MR) is 68.6 cm³/mol. The molecule has 1 N–H and O–H groups in total. The van der Waals surface area contributed by atoms with Crippen LogP contribution in [-0.4, -0.2) is 34.7 Å². The van der Waals surface area contributed by atoms with Gasteiger partial charge in [-0.1, -0.05) is 30.3 Å². The van der Waals surface area contributed by atoms with Crippen molar-refractivity contribution in [3.8, 4) is 0 Å². The van der Waals surface area contributed by atoms with Crippen molar-refractivity contribution in [3.63, 3.8) is 0 Å². The third-order valence-electron chi connectivity index (χ3n) is 3.23. The fraction of sp³-hybridized carbons (Fsp3) is 0.429. The van der Waals surface area contributed by atoms with Gasteiger partial charge < -0.3 is 9.84 Å². The molecule has 0 aromatic heterocycles. The summed E-state index contributed by atoms with van der Waals surface area (Å²) in [6.45, 7) is 0.618. The van der Waals surface area contributed by atoms with Crippen LogP contribution in [0.15, 0.2) is 30.3 Å². The third kappa shape index (κ3) is 3.47. The zero-order chi connectivity index (χ0) is 13.7. The molecule has 1 heterocycles. The lowest BCUT2D eigenvalue weighted by Gasteiger charge is -2.31. The van der Waals surface area contributed by atoms with Crippen LogP contribution in [0.4, 0.5) is 4.79 Å². The number of carboxylic acids is 1. The summed E-state index contributed by atoms with van der Waals surface area (Å²) >= 11 is 0. The number of carbonyl (C=O) groups excluding carboxylic acids is 1. The van der Waals surface area contributed by atoms with Crippen LogP contribution in [0.2, 0.25) is 0 Å². The van der Waals surface area contributed by atoms with Crippen molar-refractivity contribution >= 4 is 12.1 Å². The Bertz CT molecular complexity index is 446. The number of carbonyl (C=O) groups is 2. The molecule has 1 aliphatic rings. The van der Waals surface area contributed by atoms with Gasteiger partial charge in [0.1, 0.15) is 12.6 Å². The van der Waals surface area contributed by atoms with E-state index in [1.807, 2.05) is 30.3 Å². The highest BCUT2D eigenvalue weighted by atomic mass is 16.6. The molecule has 1 aromatic rings. The van der Waals surface area contributed by atoms with Gasteiger partial charge >= 0.3 is 12.1 Å². The maximum Gasteiger partial charge on any atom is 0.410 e. The first-order valence-electron chi connectivity index (χ1n) is 6.38. The zero-order valence-electron chi connectivity index (χ0n) is 10.6. The van der Waals surface area contributed by atoms with E-state index < -0.39 is 18.1 Å². The first-order valence-corrected chi connectivity index (χ1v) is 6.38. The minimum Gasteiger partial charge on any atom is -0.480 e. The third-order valence-corrected chi connectivity index (χ3v) is 3.23. The highest BCUT2D eigenvalue weighted by Gasteiger charge is 2.32. The number of hydrogen-bond acceptors (Lipinski definition) is 3. The highest BCUT2D eigenvalue weighted by Crippen LogP contribution is 2.18. The first kappa shape index (κ1) is 13.4. The zero-order valence-corrected chi connectivity index (χ0v) is 10.6. The summed E-state index contributed by atoms with van der Waals surface area (Å²) in [7, 11) is 0. The summed E-state index contributed by atoms with van der Waals surface area (Å²) in [6.07, 6.45) is 1.61. The van der Waals surface area contributed by atoms with Crippen LogP contribution >= 0.6 is 0 Å². The average Bonchev–Trinajstić information content (AvgIpc) is 2.46. The monoisotopic (exact) mass is 263 g/mol. The molecule has 0 spiro atoms. The Balaban J connectivity index is 1.93. The largest absolute Gasteiger partial charge is 0.480 e. The van der Waals surface area contributed by atoms with E-state index >= 15 is 0 Å². The molecule has 19 heavy (non-hydrogen) atoms. The normalized spacial score (nSPS) is 18.9. The molecule has 0 unspecified atom stereocenters. The van der Waals surface area contributed by atoms with E-state index in [1.165, 1.54) is 4.90 Å². The number of benzene rings is 1. The van der Waals surface area contributed by atoms with Crippen LogP contribution in [0.1, 0.15) is 24.8 Å². The molecular weight excluding hydrogens is 246 g/mol. The van der Waals surface area contributed by atoms with Gasteiger partial charge in [0.15, 0.2) is 0 Å². The summed E-state index contributed by atoms with van der Waals surface area (Å²) < 4.78 is 5.17. The van der Waals surface area contributed by atoms with Gasteiger partial charge in [0.25, 0.3) is 0 Å². The van der Waals surface area contributed by atoms with Crippen molar-refractivity contribution < 1.29 is 19.4 Å². The van der Waals surface area contributed by atoms with Gasteiger partial charge in [-0.15, -0.1) is 0 Å². The van der Waals surface area contributed by atoms with Gasteiger partial charge in [-0.3, -0.25) is 4.90 Å². The molecular formula is C14H17NO4. The van der Waals surface area contributed by atoms with Gasteiger partial charge in [-0.05, 0) is 24.8 Å². The second kappa shape index (κ2) is 6.22. The highest BCUT2D eigenvalue weighted by molar-refractivity contribution is 5.80. The molecule has 1 fully saturated rings. The van der Waals surface area contributed by atoms with E-state index in [0.717, 1.165) is 18.4 Å². The molecule has 1 saturated heterocycles. The minimum absolute atomic E-state index is 0.169. The molecule has 1 aliphatic heterocycles. The number of rotatable bonds is 3. The molecule has 5 heteroatoms. The Kier molecular flexibility index (Phi) is 4.39. The number of nitrogens with zero attached hydrogens (tertiary/aromatic N) is 1. The molecule has 1 aromatic carbocycles. The lowest BCUT2D eigenvalue weighted by atomic mass is 10.0. The topological polar surface area (TPSA) is 66.8 Å². The Hall–Kier alpha value is -2.04. The van der Waals surface area contributed by atoms with Gasteiger partial charge in [0.2, 0.25) is 0 Å². The van der Waals surface area contributed by atoms with Crippen molar-refractivity contribution in [1.29, 1.82) is 0 Å². The average molecular weight is 263 g/mol. The smallest absolute Gasteiger partial charge is 0.410 e. The fourth-order valence-electron chi connectivity index (χ4n) is 2.21.